The van der Waals surface area contributed by atoms with Gasteiger partial charge < -0.3 is 5.32 Å². The minimum atomic E-state index is -0.508. The molecule has 0 aromatic heterocycles. The number of hydrogen-bond donors (Lipinski definition) is 1. The number of amides is 1. The summed E-state index contributed by atoms with van der Waals surface area (Å²) >= 11 is 5.78. The zero-order valence-electron chi connectivity index (χ0n) is 10.2. The van der Waals surface area contributed by atoms with Gasteiger partial charge in [0.2, 0.25) is 0 Å². The lowest BCUT2D eigenvalue weighted by Crippen LogP contribution is -2.26. The van der Waals surface area contributed by atoms with Crippen LogP contribution >= 0.6 is 11.6 Å². The van der Waals surface area contributed by atoms with Gasteiger partial charge in [-0.05, 0) is 36.2 Å². The first-order chi connectivity index (χ1) is 9.16. The van der Waals surface area contributed by atoms with Crippen LogP contribution in [0.15, 0.2) is 48.5 Å². The summed E-state index contributed by atoms with van der Waals surface area (Å²) in [6.45, 7) is 0.453. The molecular weight excluding hydrogens is 265 g/mol. The van der Waals surface area contributed by atoms with E-state index in [0.29, 0.717) is 18.0 Å². The molecule has 4 heteroatoms. The maximum Gasteiger partial charge on any atom is 0.254 e. The molecule has 2 aromatic rings. The van der Waals surface area contributed by atoms with Crippen molar-refractivity contribution in [2.24, 2.45) is 0 Å². The van der Waals surface area contributed by atoms with Gasteiger partial charge >= 0.3 is 0 Å². The minimum Gasteiger partial charge on any atom is -0.352 e. The van der Waals surface area contributed by atoms with Crippen molar-refractivity contribution in [3.63, 3.8) is 0 Å². The molecular formula is C15H13ClFNO. The lowest BCUT2D eigenvalue weighted by molar-refractivity contribution is 0.0950. The van der Waals surface area contributed by atoms with Crippen LogP contribution in [0.5, 0.6) is 0 Å². The normalized spacial score (nSPS) is 10.2. The van der Waals surface area contributed by atoms with E-state index >= 15 is 0 Å². The molecule has 0 unspecified atom stereocenters. The molecule has 0 atom stereocenters. The van der Waals surface area contributed by atoms with Crippen molar-refractivity contribution in [2.45, 2.75) is 6.42 Å². The van der Waals surface area contributed by atoms with Crippen LogP contribution in [0, 0.1) is 5.82 Å². The topological polar surface area (TPSA) is 29.1 Å². The largest absolute Gasteiger partial charge is 0.352 e. The van der Waals surface area contributed by atoms with Crippen LogP contribution in [0.2, 0.25) is 5.02 Å². The molecule has 0 saturated heterocycles. The van der Waals surface area contributed by atoms with Crippen LogP contribution < -0.4 is 5.32 Å². The van der Waals surface area contributed by atoms with Gasteiger partial charge in [-0.25, -0.2) is 4.39 Å². The Kier molecular flexibility index (Phi) is 4.53. The monoisotopic (exact) mass is 277 g/mol. The maximum absolute atomic E-state index is 13.4. The summed E-state index contributed by atoms with van der Waals surface area (Å²) in [6, 6.07) is 13.3. The van der Waals surface area contributed by atoms with Gasteiger partial charge in [-0.1, -0.05) is 35.9 Å². The Balaban J connectivity index is 1.88. The number of nitrogens with one attached hydrogen (secondary N) is 1. The molecule has 0 fully saturated rings. The van der Waals surface area contributed by atoms with E-state index in [1.165, 1.54) is 12.1 Å². The Labute approximate surface area is 116 Å². The second-order valence-corrected chi connectivity index (χ2v) is 4.55. The predicted molar refractivity (Wildman–Crippen MR) is 73.9 cm³/mol. The predicted octanol–water partition coefficient (Wildman–Crippen LogP) is 3.45. The van der Waals surface area contributed by atoms with Crippen molar-refractivity contribution >= 4 is 17.5 Å². The zero-order chi connectivity index (χ0) is 13.7. The highest BCUT2D eigenvalue weighted by atomic mass is 35.5. The third kappa shape index (κ3) is 3.80. The van der Waals surface area contributed by atoms with Crippen LogP contribution in [-0.4, -0.2) is 12.5 Å². The molecule has 2 aromatic carbocycles. The van der Waals surface area contributed by atoms with Gasteiger partial charge in [-0.3, -0.25) is 4.79 Å². The summed E-state index contributed by atoms with van der Waals surface area (Å²) in [6.07, 6.45) is 0.678. The Morgan fingerprint density at radius 1 is 1.11 bits per heavy atom. The first kappa shape index (κ1) is 13.6. The van der Waals surface area contributed by atoms with Gasteiger partial charge in [0, 0.05) is 11.6 Å². The highest BCUT2D eigenvalue weighted by Gasteiger charge is 2.09. The van der Waals surface area contributed by atoms with E-state index in [-0.39, 0.29) is 5.56 Å². The third-order valence-corrected chi connectivity index (χ3v) is 2.98. The molecule has 19 heavy (non-hydrogen) atoms. The quantitative estimate of drug-likeness (QED) is 0.911. The van der Waals surface area contributed by atoms with Crippen molar-refractivity contribution in [1.82, 2.24) is 5.32 Å². The average Bonchev–Trinajstić information content (AvgIpc) is 2.41. The van der Waals surface area contributed by atoms with Crippen molar-refractivity contribution < 1.29 is 9.18 Å². The molecule has 2 rings (SSSR count). The molecule has 0 aliphatic heterocycles. The van der Waals surface area contributed by atoms with E-state index < -0.39 is 11.7 Å². The molecule has 0 bridgehead atoms. The van der Waals surface area contributed by atoms with Crippen LogP contribution in [0.25, 0.3) is 0 Å². The molecule has 0 aliphatic carbocycles. The molecule has 0 heterocycles. The summed E-state index contributed by atoms with van der Waals surface area (Å²) < 4.78 is 13.4. The molecule has 0 spiro atoms. The average molecular weight is 278 g/mol. The van der Waals surface area contributed by atoms with Gasteiger partial charge in [0.15, 0.2) is 0 Å². The molecule has 1 amide bonds. The van der Waals surface area contributed by atoms with Crippen molar-refractivity contribution in [2.75, 3.05) is 6.54 Å². The van der Waals surface area contributed by atoms with Crippen molar-refractivity contribution in [3.8, 4) is 0 Å². The summed E-state index contributed by atoms with van der Waals surface area (Å²) in [5, 5.41) is 3.37. The van der Waals surface area contributed by atoms with Crippen LogP contribution in [0.1, 0.15) is 15.9 Å². The summed E-state index contributed by atoms with van der Waals surface area (Å²) in [5.41, 5.74) is 1.14. The van der Waals surface area contributed by atoms with Crippen LogP contribution in [0.4, 0.5) is 4.39 Å². The van der Waals surface area contributed by atoms with E-state index in [2.05, 4.69) is 5.32 Å². The first-order valence-electron chi connectivity index (χ1n) is 5.94. The molecule has 0 radical (unpaired) electrons. The smallest absolute Gasteiger partial charge is 0.254 e. The molecule has 98 valence electrons. The van der Waals surface area contributed by atoms with Gasteiger partial charge in [0.1, 0.15) is 5.82 Å². The highest BCUT2D eigenvalue weighted by Crippen LogP contribution is 2.10. The fraction of sp³-hybridized carbons (Fsp3) is 0.133. The van der Waals surface area contributed by atoms with Crippen LogP contribution in [0.3, 0.4) is 0 Å². The zero-order valence-corrected chi connectivity index (χ0v) is 11.0. The Morgan fingerprint density at radius 3 is 2.47 bits per heavy atom. The lowest BCUT2D eigenvalue weighted by atomic mass is 10.1. The molecule has 2 nitrogen and oxygen atoms in total. The number of hydrogen-bond acceptors (Lipinski definition) is 1. The summed E-state index contributed by atoms with van der Waals surface area (Å²) in [7, 11) is 0. The SMILES string of the molecule is O=C(NCCc1ccc(Cl)cc1)c1ccccc1F. The second kappa shape index (κ2) is 6.34. The number of carbonyl (C=O) groups excluding carboxylic acids is 1. The Hall–Kier alpha value is -1.87. The first-order valence-corrected chi connectivity index (χ1v) is 6.32. The van der Waals surface area contributed by atoms with E-state index in [4.69, 9.17) is 11.6 Å². The van der Waals surface area contributed by atoms with Crippen molar-refractivity contribution in [1.29, 1.82) is 0 Å². The molecule has 0 saturated carbocycles. The van der Waals surface area contributed by atoms with Gasteiger partial charge in [0.25, 0.3) is 5.91 Å². The fourth-order valence-corrected chi connectivity index (χ4v) is 1.84. The Bertz CT molecular complexity index is 569. The second-order valence-electron chi connectivity index (χ2n) is 4.11. The van der Waals surface area contributed by atoms with Crippen molar-refractivity contribution in [3.05, 3.63) is 70.5 Å². The lowest BCUT2D eigenvalue weighted by Gasteiger charge is -2.06. The van der Waals surface area contributed by atoms with Gasteiger partial charge in [-0.2, -0.15) is 0 Å². The number of halogens is 2. The maximum atomic E-state index is 13.4. The summed E-state index contributed by atoms with van der Waals surface area (Å²) in [4.78, 5) is 11.7. The minimum absolute atomic E-state index is 0.0682. The van der Waals surface area contributed by atoms with E-state index in [1.54, 1.807) is 24.3 Å². The van der Waals surface area contributed by atoms with Gasteiger partial charge in [0.05, 0.1) is 5.56 Å². The molecule has 0 aliphatic rings. The fourth-order valence-electron chi connectivity index (χ4n) is 1.71. The standard InChI is InChI=1S/C15H13ClFNO/c16-12-7-5-11(6-8-12)9-10-18-15(19)13-3-1-2-4-14(13)17/h1-8H,9-10H2,(H,18,19). The van der Waals surface area contributed by atoms with Crippen LogP contribution in [-0.2, 0) is 6.42 Å². The number of benzene rings is 2. The number of carbonyl (C=O) groups is 1. The van der Waals surface area contributed by atoms with E-state index in [0.717, 1.165) is 5.56 Å². The molecule has 1 N–H and O–H groups in total. The van der Waals surface area contributed by atoms with E-state index in [9.17, 15) is 9.18 Å². The van der Waals surface area contributed by atoms with E-state index in [1.807, 2.05) is 12.1 Å². The Morgan fingerprint density at radius 2 is 1.79 bits per heavy atom. The number of rotatable bonds is 4. The third-order valence-electron chi connectivity index (χ3n) is 2.73. The van der Waals surface area contributed by atoms with Gasteiger partial charge in [-0.15, -0.1) is 0 Å². The highest BCUT2D eigenvalue weighted by molar-refractivity contribution is 6.30. The summed E-state index contributed by atoms with van der Waals surface area (Å²) in [5.74, 6) is -0.904.